The van der Waals surface area contributed by atoms with Crippen molar-refractivity contribution in [3.8, 4) is 11.5 Å². The number of nitrogens with zero attached hydrogens (tertiary/aromatic N) is 3. The van der Waals surface area contributed by atoms with Crippen molar-refractivity contribution in [2.75, 3.05) is 40.5 Å². The van der Waals surface area contributed by atoms with Gasteiger partial charge in [0.15, 0.2) is 5.11 Å². The topological polar surface area (TPSA) is 142 Å². The number of unbranched alkanes of at least 4 members (excludes halogenated alkanes) is 4. The quantitative estimate of drug-likeness (QED) is 0.0146. The zero-order valence-electron chi connectivity index (χ0n) is 38.8. The van der Waals surface area contributed by atoms with Gasteiger partial charge in [0.05, 0.1) is 20.8 Å². The van der Waals surface area contributed by atoms with Crippen molar-refractivity contribution in [3.05, 3.63) is 140 Å². The number of thiocarbonyl (C=S) groups is 1. The number of nitrogens with one attached hydrogen (secondary N) is 3. The molecule has 0 radical (unpaired) electrons. The van der Waals surface area contributed by atoms with Crippen LogP contribution in [0.25, 0.3) is 4.85 Å². The Bertz CT molecular complexity index is 2240. The molecule has 364 valence electrons. The van der Waals surface area contributed by atoms with Gasteiger partial charge >= 0.3 is 12.0 Å². The first-order valence-corrected chi connectivity index (χ1v) is 23.9. The number of benzene rings is 3. The Balaban J connectivity index is 1.56. The number of halogens is 3. The van der Waals surface area contributed by atoms with Crippen molar-refractivity contribution in [1.82, 2.24) is 24.9 Å². The van der Waals surface area contributed by atoms with Gasteiger partial charge in [0.2, 0.25) is 6.54 Å². The van der Waals surface area contributed by atoms with Crippen molar-refractivity contribution < 1.29 is 41.2 Å². The number of hydrogen-bond acceptors (Lipinski definition) is 10. The van der Waals surface area contributed by atoms with Gasteiger partial charge in [-0.3, -0.25) is 19.7 Å². The summed E-state index contributed by atoms with van der Waals surface area (Å²) >= 11 is 4.76. The normalized spacial score (nSPS) is 18.0. The summed E-state index contributed by atoms with van der Waals surface area (Å²) in [5.41, 5.74) is 0.0000968. The second-order valence-corrected chi connectivity index (χ2v) is 18.4. The number of H-pyrrole nitrogens is 1. The van der Waals surface area contributed by atoms with Crippen LogP contribution < -0.4 is 31.4 Å². The fourth-order valence-corrected chi connectivity index (χ4v) is 10.4. The Kier molecular flexibility index (Phi) is 20.2. The third kappa shape index (κ3) is 14.6. The maximum absolute atomic E-state index is 13.6. The molecule has 19 heteroatoms. The largest absolute Gasteiger partial charge is 0.497 e. The highest BCUT2D eigenvalue weighted by Crippen LogP contribution is 2.53. The molecule has 14 nitrogen and oxygen atoms in total. The standard InChI is InChI=1S/C48H62F3N6O8PS/c1-33(2)57(34(3)4)66(63-31-29-52-5)65-43-40(18-14-9-8-10-15-28-53-45(67)55-48(49,50)51)44(56-30-27-42(58)54-46(56)59)64-41(43)32-62-47(35-16-12-11-13-17-35,36-19-23-38(60-6)24-20-36)37-21-25-39(61-7)26-22-37/h11-13,16-17,19-27,30,33-34,40-41,43-44H,8-10,14-15,18,28-29,31-32H2,1-4,6-7H3,(H2,53,55,67)(H,54,58,59)/t40-,41+,43?,44+,66?/m0/s1. The highest BCUT2D eigenvalue weighted by Gasteiger charge is 2.50. The van der Waals surface area contributed by atoms with Gasteiger partial charge in [-0.2, -0.15) is 13.2 Å². The molecule has 3 aromatic carbocycles. The predicted octanol–water partition coefficient (Wildman–Crippen LogP) is 9.07. The van der Waals surface area contributed by atoms with Crippen molar-refractivity contribution in [3.63, 3.8) is 0 Å². The maximum atomic E-state index is 13.6. The first kappa shape index (κ1) is 53.1. The minimum absolute atomic E-state index is 0.0175. The zero-order chi connectivity index (χ0) is 48.6. The summed E-state index contributed by atoms with van der Waals surface area (Å²) in [6, 6.07) is 26.4. The van der Waals surface area contributed by atoms with Crippen molar-refractivity contribution in [2.24, 2.45) is 5.92 Å². The molecule has 0 saturated carbocycles. The fraction of sp³-hybridized carbons (Fsp3) is 0.500. The molecule has 0 aliphatic carbocycles. The van der Waals surface area contributed by atoms with E-state index in [-0.39, 0.29) is 38.4 Å². The molecule has 0 spiro atoms. The molecule has 3 N–H and O–H groups in total. The van der Waals surface area contributed by atoms with E-state index in [0.29, 0.717) is 30.8 Å². The predicted molar refractivity (Wildman–Crippen MR) is 256 cm³/mol. The molecule has 2 heterocycles. The molecule has 0 bridgehead atoms. The van der Waals surface area contributed by atoms with E-state index in [2.05, 4.69) is 47.5 Å². The van der Waals surface area contributed by atoms with E-state index >= 15 is 0 Å². The van der Waals surface area contributed by atoms with Crippen LogP contribution >= 0.6 is 20.7 Å². The minimum atomic E-state index is -4.61. The maximum Gasteiger partial charge on any atom is 0.484 e. The molecule has 1 aliphatic rings. The third-order valence-electron chi connectivity index (χ3n) is 11.4. The van der Waals surface area contributed by atoms with Crippen LogP contribution in [0.3, 0.4) is 0 Å². The van der Waals surface area contributed by atoms with Crippen LogP contribution in [-0.2, 0) is 24.1 Å². The molecule has 5 atom stereocenters. The van der Waals surface area contributed by atoms with Gasteiger partial charge in [-0.25, -0.2) is 16.0 Å². The number of methoxy groups -OCH3 is 2. The smallest absolute Gasteiger partial charge is 0.484 e. The molecular weight excluding hydrogens is 909 g/mol. The lowest BCUT2D eigenvalue weighted by Gasteiger charge is -2.39. The van der Waals surface area contributed by atoms with Gasteiger partial charge in [0.25, 0.3) is 14.1 Å². The molecule has 67 heavy (non-hydrogen) atoms. The molecular formula is C48H62F3N6O8PS. The Hall–Kier alpha value is -4.86. The zero-order valence-corrected chi connectivity index (χ0v) is 40.5. The molecule has 4 aromatic rings. The average molecular weight is 971 g/mol. The molecule has 1 aromatic heterocycles. The van der Waals surface area contributed by atoms with E-state index in [1.165, 1.54) is 22.1 Å². The summed E-state index contributed by atoms with van der Waals surface area (Å²) in [7, 11) is 1.40. The van der Waals surface area contributed by atoms with E-state index in [0.717, 1.165) is 36.0 Å². The van der Waals surface area contributed by atoms with Gasteiger partial charge in [-0.15, -0.1) is 0 Å². The van der Waals surface area contributed by atoms with Crippen LogP contribution in [0.5, 0.6) is 11.5 Å². The van der Waals surface area contributed by atoms with E-state index in [9.17, 15) is 22.8 Å². The summed E-state index contributed by atoms with van der Waals surface area (Å²) in [6.07, 6.45) is -1.57. The van der Waals surface area contributed by atoms with Gasteiger partial charge in [-0.05, 0) is 93.7 Å². The van der Waals surface area contributed by atoms with E-state index in [4.69, 9.17) is 46.8 Å². The molecule has 2 unspecified atom stereocenters. The molecule has 1 aliphatic heterocycles. The molecule has 0 amide bonds. The van der Waals surface area contributed by atoms with Gasteiger partial charge < -0.3 is 38.2 Å². The molecule has 5 rings (SSSR count). The van der Waals surface area contributed by atoms with Crippen molar-refractivity contribution >= 4 is 25.9 Å². The van der Waals surface area contributed by atoms with Gasteiger partial charge in [0, 0.05) is 36.8 Å². The lowest BCUT2D eigenvalue weighted by molar-refractivity contribution is -0.141. The SMILES string of the molecule is [C-]#[N+]CCOP(OC1[C@@H](COC(c2ccccc2)(c2ccc(OC)cc2)c2ccc(OC)cc2)O[C@@H](n2ccc(=O)[nH]c2=O)[C@H]1CCCCCCCNC(=S)NC(F)(F)F)N(C(C)C)C(C)C. The Morgan fingerprint density at radius 1 is 0.881 bits per heavy atom. The third-order valence-corrected chi connectivity index (χ3v) is 13.7. The lowest BCUT2D eigenvalue weighted by Crippen LogP contribution is -2.44. The summed E-state index contributed by atoms with van der Waals surface area (Å²) in [5.74, 6) is 0.847. The monoisotopic (exact) mass is 970 g/mol. The second kappa shape index (κ2) is 25.5. The highest BCUT2D eigenvalue weighted by atomic mass is 32.1. The highest BCUT2D eigenvalue weighted by molar-refractivity contribution is 7.80. The Morgan fingerprint density at radius 3 is 2.01 bits per heavy atom. The number of aromatic amines is 1. The van der Waals surface area contributed by atoms with E-state index in [1.54, 1.807) is 14.2 Å². The Labute approximate surface area is 397 Å². The number of aromatic nitrogens is 2. The van der Waals surface area contributed by atoms with Crippen LogP contribution in [0.2, 0.25) is 0 Å². The first-order chi connectivity index (χ1) is 32.1. The van der Waals surface area contributed by atoms with Crippen molar-refractivity contribution in [1.29, 1.82) is 0 Å². The van der Waals surface area contributed by atoms with E-state index in [1.807, 2.05) is 78.9 Å². The number of alkyl halides is 3. The number of rotatable bonds is 25. The Morgan fingerprint density at radius 2 is 1.46 bits per heavy atom. The number of ether oxygens (including phenoxy) is 4. The second-order valence-electron chi connectivity index (χ2n) is 16.6. The molecule has 1 fully saturated rings. The summed E-state index contributed by atoms with van der Waals surface area (Å²) in [4.78, 5) is 31.9. The lowest BCUT2D eigenvalue weighted by atomic mass is 9.80. The summed E-state index contributed by atoms with van der Waals surface area (Å²) < 4.78 is 80.7. The summed E-state index contributed by atoms with van der Waals surface area (Å²) in [6.45, 7) is 16.2. The number of hydrogen-bond donors (Lipinski definition) is 3. The molecule has 1 saturated heterocycles. The van der Waals surface area contributed by atoms with Crippen molar-refractivity contribution in [2.45, 2.75) is 109 Å². The van der Waals surface area contributed by atoms with Crippen LogP contribution in [-0.4, -0.2) is 90.4 Å². The van der Waals surface area contributed by atoms with Gasteiger partial charge in [0.1, 0.15) is 42.1 Å². The summed E-state index contributed by atoms with van der Waals surface area (Å²) in [5, 5.41) is 3.43. The van der Waals surface area contributed by atoms with Gasteiger partial charge in [-0.1, -0.05) is 80.3 Å². The van der Waals surface area contributed by atoms with Crippen LogP contribution in [0.4, 0.5) is 13.2 Å². The van der Waals surface area contributed by atoms with Crippen LogP contribution in [0.1, 0.15) is 89.1 Å². The van der Waals surface area contributed by atoms with Crippen LogP contribution in [0.15, 0.2) is 101 Å². The fourth-order valence-electron chi connectivity index (χ4n) is 8.37. The van der Waals surface area contributed by atoms with E-state index < -0.39 is 61.1 Å². The van der Waals surface area contributed by atoms with Crippen LogP contribution in [0, 0.1) is 12.5 Å². The first-order valence-electron chi connectivity index (χ1n) is 22.4. The average Bonchev–Trinajstić information content (AvgIpc) is 3.62. The minimum Gasteiger partial charge on any atom is -0.497 e.